The summed E-state index contributed by atoms with van der Waals surface area (Å²) in [5, 5.41) is 9.84. The van der Waals surface area contributed by atoms with Crippen molar-refractivity contribution in [2.24, 2.45) is 0 Å². The van der Waals surface area contributed by atoms with Gasteiger partial charge in [-0.15, -0.1) is 0 Å². The Bertz CT molecular complexity index is 432. The molecule has 0 aliphatic carbocycles. The molecule has 1 amide bonds. The van der Waals surface area contributed by atoms with E-state index in [9.17, 15) is 22.8 Å². The van der Waals surface area contributed by atoms with Crippen LogP contribution in [0, 0.1) is 0 Å². The van der Waals surface area contributed by atoms with E-state index in [1.54, 1.807) is 0 Å². The lowest BCUT2D eigenvalue weighted by Gasteiger charge is -2.06. The number of carbonyl (C=O) groups excluding carboxylic acids is 1. The number of carboxylic acid groups (broad SMARTS) is 1. The van der Waals surface area contributed by atoms with Crippen LogP contribution in [0.3, 0.4) is 0 Å². The van der Waals surface area contributed by atoms with Crippen LogP contribution >= 0.6 is 0 Å². The molecule has 0 aromatic carbocycles. The summed E-state index contributed by atoms with van der Waals surface area (Å²) in [5.74, 6) is -4.99. The van der Waals surface area contributed by atoms with Crippen LogP contribution in [0.1, 0.15) is 10.6 Å². The summed E-state index contributed by atoms with van der Waals surface area (Å²) in [6.07, 6.45) is -4.14. The quantitative estimate of drug-likeness (QED) is 0.786. The van der Waals surface area contributed by atoms with E-state index in [0.29, 0.717) is 0 Å². The third kappa shape index (κ3) is 2.90. The van der Waals surface area contributed by atoms with Crippen LogP contribution in [-0.2, 0) is 4.79 Å². The van der Waals surface area contributed by atoms with Gasteiger partial charge in [-0.1, -0.05) is 0 Å². The Hall–Kier alpha value is -2.19. The summed E-state index contributed by atoms with van der Waals surface area (Å²) in [7, 11) is 0. The van der Waals surface area contributed by atoms with E-state index in [1.807, 2.05) is 0 Å². The highest BCUT2D eigenvalue weighted by atomic mass is 19.4. The number of nitrogens with zero attached hydrogens (tertiary/aromatic N) is 2. The number of carboxylic acids is 1. The Kier molecular flexibility index (Phi) is 3.06. The van der Waals surface area contributed by atoms with Crippen molar-refractivity contribution in [3.8, 4) is 0 Å². The van der Waals surface area contributed by atoms with Gasteiger partial charge in [-0.05, 0) is 6.07 Å². The number of anilines is 1. The number of hydrogen-bond donors (Lipinski definition) is 2. The number of alkyl halides is 3. The van der Waals surface area contributed by atoms with Crippen molar-refractivity contribution < 1.29 is 27.9 Å². The Morgan fingerprint density at radius 1 is 1.38 bits per heavy atom. The summed E-state index contributed by atoms with van der Waals surface area (Å²) in [6, 6.07) is 0.941. The van der Waals surface area contributed by atoms with Gasteiger partial charge in [0.15, 0.2) is 0 Å². The first-order valence-corrected chi connectivity index (χ1v) is 3.75. The van der Waals surface area contributed by atoms with Crippen LogP contribution in [-0.4, -0.2) is 33.1 Å². The van der Waals surface area contributed by atoms with Gasteiger partial charge in [-0.3, -0.25) is 4.79 Å². The SMILES string of the molecule is O=C(O)c1nccc(NC(=O)C(F)(F)F)n1. The molecule has 16 heavy (non-hydrogen) atoms. The zero-order valence-corrected chi connectivity index (χ0v) is 7.45. The van der Waals surface area contributed by atoms with E-state index in [1.165, 1.54) is 5.32 Å². The lowest BCUT2D eigenvalue weighted by Crippen LogP contribution is -2.30. The Morgan fingerprint density at radius 3 is 2.50 bits per heavy atom. The number of hydrogen-bond acceptors (Lipinski definition) is 4. The zero-order valence-electron chi connectivity index (χ0n) is 7.45. The van der Waals surface area contributed by atoms with Crippen molar-refractivity contribution in [2.45, 2.75) is 6.18 Å². The molecule has 0 spiro atoms. The Labute approximate surface area is 86.1 Å². The maximum Gasteiger partial charge on any atom is 0.471 e. The third-order valence-corrected chi connectivity index (χ3v) is 1.35. The molecule has 0 bridgehead atoms. The summed E-state index contributed by atoms with van der Waals surface area (Å²) >= 11 is 0. The average molecular weight is 235 g/mol. The smallest absolute Gasteiger partial charge is 0.471 e. The molecule has 0 saturated heterocycles. The van der Waals surface area contributed by atoms with Crippen LogP contribution in [0.2, 0.25) is 0 Å². The van der Waals surface area contributed by atoms with Gasteiger partial charge in [0.25, 0.3) is 0 Å². The highest BCUT2D eigenvalue weighted by molar-refractivity contribution is 5.94. The number of aromatic nitrogens is 2. The second-order valence-corrected chi connectivity index (χ2v) is 2.52. The fraction of sp³-hybridized carbons (Fsp3) is 0.143. The standard InChI is InChI=1S/C7H4F3N3O3/c8-7(9,10)6(16)13-3-1-2-11-4(12-3)5(14)15/h1-2H,(H,14,15)(H,11,12,13,16). The minimum atomic E-state index is -5.06. The van der Waals surface area contributed by atoms with Crippen molar-refractivity contribution in [1.82, 2.24) is 9.97 Å². The molecular formula is C7H4F3N3O3. The first kappa shape index (κ1) is 11.9. The highest BCUT2D eigenvalue weighted by Crippen LogP contribution is 2.16. The molecule has 0 unspecified atom stereocenters. The predicted molar refractivity (Wildman–Crippen MR) is 43.7 cm³/mol. The fourth-order valence-corrected chi connectivity index (χ4v) is 0.719. The monoisotopic (exact) mass is 235 g/mol. The van der Waals surface area contributed by atoms with Crippen molar-refractivity contribution in [2.75, 3.05) is 5.32 Å². The molecule has 9 heteroatoms. The topological polar surface area (TPSA) is 92.2 Å². The molecule has 0 fully saturated rings. The molecule has 1 heterocycles. The predicted octanol–water partition coefficient (Wildman–Crippen LogP) is 0.676. The Morgan fingerprint density at radius 2 is 2.00 bits per heavy atom. The van der Waals surface area contributed by atoms with Crippen molar-refractivity contribution in [1.29, 1.82) is 0 Å². The molecule has 86 valence electrons. The van der Waals surface area contributed by atoms with Crippen LogP contribution in [0.5, 0.6) is 0 Å². The van der Waals surface area contributed by atoms with Crippen molar-refractivity contribution in [3.05, 3.63) is 18.1 Å². The number of rotatable bonds is 2. The highest BCUT2D eigenvalue weighted by Gasteiger charge is 2.38. The van der Waals surface area contributed by atoms with Gasteiger partial charge in [0.05, 0.1) is 0 Å². The van der Waals surface area contributed by atoms with Gasteiger partial charge < -0.3 is 10.4 Å². The molecule has 0 atom stereocenters. The van der Waals surface area contributed by atoms with Gasteiger partial charge in [-0.2, -0.15) is 13.2 Å². The lowest BCUT2D eigenvalue weighted by molar-refractivity contribution is -0.167. The van der Waals surface area contributed by atoms with Gasteiger partial charge in [0.2, 0.25) is 5.82 Å². The van der Waals surface area contributed by atoms with E-state index in [2.05, 4.69) is 9.97 Å². The maximum atomic E-state index is 11.8. The molecule has 1 aromatic heterocycles. The van der Waals surface area contributed by atoms with Gasteiger partial charge in [-0.25, -0.2) is 14.8 Å². The normalized spacial score (nSPS) is 10.9. The minimum absolute atomic E-state index is 0.533. The van der Waals surface area contributed by atoms with Crippen LogP contribution < -0.4 is 5.32 Å². The molecule has 2 N–H and O–H groups in total. The van der Waals surface area contributed by atoms with Gasteiger partial charge >= 0.3 is 18.1 Å². The lowest BCUT2D eigenvalue weighted by atomic mass is 10.5. The molecule has 0 aliphatic rings. The van der Waals surface area contributed by atoms with Crippen LogP contribution in [0.25, 0.3) is 0 Å². The summed E-state index contributed by atoms with van der Waals surface area (Å²) < 4.78 is 35.5. The number of nitrogens with one attached hydrogen (secondary N) is 1. The summed E-state index contributed by atoms with van der Waals surface area (Å²) in [5.41, 5.74) is 0. The molecule has 0 saturated carbocycles. The van der Waals surface area contributed by atoms with E-state index >= 15 is 0 Å². The van der Waals surface area contributed by atoms with E-state index in [4.69, 9.17) is 5.11 Å². The van der Waals surface area contributed by atoms with Gasteiger partial charge in [0, 0.05) is 6.20 Å². The molecule has 0 radical (unpaired) electrons. The second kappa shape index (κ2) is 4.13. The molecule has 0 aliphatic heterocycles. The minimum Gasteiger partial charge on any atom is -0.475 e. The van der Waals surface area contributed by atoms with Crippen LogP contribution in [0.15, 0.2) is 12.3 Å². The van der Waals surface area contributed by atoms with Gasteiger partial charge in [0.1, 0.15) is 5.82 Å². The number of halogens is 3. The second-order valence-electron chi connectivity index (χ2n) is 2.52. The number of carbonyl (C=O) groups is 2. The van der Waals surface area contributed by atoms with E-state index < -0.39 is 29.7 Å². The number of aromatic carboxylic acids is 1. The maximum absolute atomic E-state index is 11.8. The van der Waals surface area contributed by atoms with Crippen LogP contribution in [0.4, 0.5) is 19.0 Å². The van der Waals surface area contributed by atoms with Crippen molar-refractivity contribution in [3.63, 3.8) is 0 Å². The summed E-state index contributed by atoms with van der Waals surface area (Å²) in [6.45, 7) is 0. The molecule has 6 nitrogen and oxygen atoms in total. The number of amides is 1. The average Bonchev–Trinajstić information content (AvgIpc) is 2.16. The molecule has 1 aromatic rings. The third-order valence-electron chi connectivity index (χ3n) is 1.35. The van der Waals surface area contributed by atoms with E-state index in [-0.39, 0.29) is 0 Å². The molecule has 1 rings (SSSR count). The van der Waals surface area contributed by atoms with Crippen molar-refractivity contribution >= 4 is 17.7 Å². The zero-order chi connectivity index (χ0) is 12.3. The largest absolute Gasteiger partial charge is 0.475 e. The fourth-order valence-electron chi connectivity index (χ4n) is 0.719. The summed E-state index contributed by atoms with van der Waals surface area (Å²) in [4.78, 5) is 27.3. The Balaban J connectivity index is 2.87. The first-order chi connectivity index (χ1) is 7.30. The first-order valence-electron chi connectivity index (χ1n) is 3.75. The molecular weight excluding hydrogens is 231 g/mol. The van der Waals surface area contributed by atoms with E-state index in [0.717, 1.165) is 12.3 Å².